The van der Waals surface area contributed by atoms with Gasteiger partial charge >= 0.3 is 6.03 Å². The molecule has 0 heterocycles. The van der Waals surface area contributed by atoms with E-state index in [2.05, 4.69) is 10.2 Å². The van der Waals surface area contributed by atoms with Crippen molar-refractivity contribution >= 4 is 11.7 Å². The highest BCUT2D eigenvalue weighted by molar-refractivity contribution is 5.91. The molecule has 1 N–H and O–H groups in total. The number of urea groups is 1. The molecule has 1 aromatic rings. The monoisotopic (exact) mass is 249 g/mol. The lowest BCUT2D eigenvalue weighted by Gasteiger charge is -2.21. The SMILES string of the molecule is CCN(C(=O)NCCCN(C)C)c1ccccc1. The first-order valence-electron chi connectivity index (χ1n) is 6.40. The Hall–Kier alpha value is -1.55. The molecule has 4 nitrogen and oxygen atoms in total. The van der Waals surface area contributed by atoms with Crippen LogP contribution in [-0.4, -0.2) is 44.7 Å². The molecule has 4 heteroatoms. The number of hydrogen-bond acceptors (Lipinski definition) is 2. The van der Waals surface area contributed by atoms with Gasteiger partial charge < -0.3 is 10.2 Å². The molecular formula is C14H23N3O. The van der Waals surface area contributed by atoms with Crippen LogP contribution in [0.3, 0.4) is 0 Å². The summed E-state index contributed by atoms with van der Waals surface area (Å²) >= 11 is 0. The van der Waals surface area contributed by atoms with Crippen molar-refractivity contribution in [1.82, 2.24) is 10.2 Å². The minimum atomic E-state index is -0.0255. The molecule has 100 valence electrons. The number of benzene rings is 1. The number of hydrogen-bond donors (Lipinski definition) is 1. The predicted octanol–water partition coefficient (Wildman–Crippen LogP) is 2.17. The van der Waals surface area contributed by atoms with Gasteiger partial charge in [0.15, 0.2) is 0 Å². The Morgan fingerprint density at radius 2 is 1.89 bits per heavy atom. The number of anilines is 1. The van der Waals surface area contributed by atoms with Crippen LogP contribution in [-0.2, 0) is 0 Å². The van der Waals surface area contributed by atoms with Gasteiger partial charge in [0.1, 0.15) is 0 Å². The summed E-state index contributed by atoms with van der Waals surface area (Å²) in [4.78, 5) is 15.9. The van der Waals surface area contributed by atoms with Crippen molar-refractivity contribution in [3.8, 4) is 0 Å². The standard InChI is InChI=1S/C14H23N3O/c1-4-17(13-9-6-5-7-10-13)14(18)15-11-8-12-16(2)3/h5-7,9-10H,4,8,11-12H2,1-3H3,(H,15,18). The van der Waals surface area contributed by atoms with Crippen LogP contribution in [0.25, 0.3) is 0 Å². The summed E-state index contributed by atoms with van der Waals surface area (Å²) < 4.78 is 0. The second kappa shape index (κ2) is 7.71. The van der Waals surface area contributed by atoms with Crippen LogP contribution in [0.1, 0.15) is 13.3 Å². The quantitative estimate of drug-likeness (QED) is 0.784. The fraction of sp³-hybridized carbons (Fsp3) is 0.500. The van der Waals surface area contributed by atoms with Crippen LogP contribution < -0.4 is 10.2 Å². The van der Waals surface area contributed by atoms with E-state index in [0.717, 1.165) is 18.7 Å². The van der Waals surface area contributed by atoms with E-state index >= 15 is 0 Å². The normalized spacial score (nSPS) is 10.4. The van der Waals surface area contributed by atoms with Crippen LogP contribution in [0, 0.1) is 0 Å². The van der Waals surface area contributed by atoms with Gasteiger partial charge in [-0.25, -0.2) is 4.79 Å². The van der Waals surface area contributed by atoms with Crippen molar-refractivity contribution < 1.29 is 4.79 Å². The molecule has 0 saturated carbocycles. The first-order chi connectivity index (χ1) is 8.65. The highest BCUT2D eigenvalue weighted by atomic mass is 16.2. The van der Waals surface area contributed by atoms with Crippen LogP contribution in [0.2, 0.25) is 0 Å². The number of rotatable bonds is 6. The van der Waals surface area contributed by atoms with Crippen molar-refractivity contribution in [1.29, 1.82) is 0 Å². The number of carbonyl (C=O) groups is 1. The van der Waals surface area contributed by atoms with E-state index in [4.69, 9.17) is 0 Å². The third-order valence-corrected chi connectivity index (χ3v) is 2.69. The van der Waals surface area contributed by atoms with Crippen molar-refractivity contribution in [3.63, 3.8) is 0 Å². The fourth-order valence-electron chi connectivity index (χ4n) is 1.74. The van der Waals surface area contributed by atoms with E-state index in [9.17, 15) is 4.79 Å². The second-order valence-electron chi connectivity index (χ2n) is 4.47. The Morgan fingerprint density at radius 3 is 2.44 bits per heavy atom. The van der Waals surface area contributed by atoms with Crippen LogP contribution in [0.15, 0.2) is 30.3 Å². The molecule has 0 radical (unpaired) electrons. The summed E-state index contributed by atoms with van der Waals surface area (Å²) in [6.07, 6.45) is 0.963. The van der Waals surface area contributed by atoms with Crippen molar-refractivity contribution in [2.75, 3.05) is 38.6 Å². The Bertz CT molecular complexity index is 351. The zero-order chi connectivity index (χ0) is 13.4. The zero-order valence-electron chi connectivity index (χ0n) is 11.5. The highest BCUT2D eigenvalue weighted by Gasteiger charge is 2.12. The summed E-state index contributed by atoms with van der Waals surface area (Å²) in [5.41, 5.74) is 0.935. The molecule has 1 rings (SSSR count). The minimum absolute atomic E-state index is 0.0255. The highest BCUT2D eigenvalue weighted by Crippen LogP contribution is 2.12. The van der Waals surface area contributed by atoms with Gasteiger partial charge in [-0.2, -0.15) is 0 Å². The lowest BCUT2D eigenvalue weighted by Crippen LogP contribution is -2.40. The van der Waals surface area contributed by atoms with Crippen molar-refractivity contribution in [3.05, 3.63) is 30.3 Å². The predicted molar refractivity (Wildman–Crippen MR) is 76.0 cm³/mol. The Kier molecular flexibility index (Phi) is 6.22. The largest absolute Gasteiger partial charge is 0.338 e. The summed E-state index contributed by atoms with van der Waals surface area (Å²) in [5.74, 6) is 0. The molecule has 0 aliphatic rings. The minimum Gasteiger partial charge on any atom is -0.338 e. The molecule has 0 aromatic heterocycles. The van der Waals surface area contributed by atoms with E-state index in [0.29, 0.717) is 13.1 Å². The number of carbonyl (C=O) groups excluding carboxylic acids is 1. The van der Waals surface area contributed by atoms with Crippen LogP contribution in [0.4, 0.5) is 10.5 Å². The van der Waals surface area contributed by atoms with E-state index in [-0.39, 0.29) is 6.03 Å². The smallest absolute Gasteiger partial charge is 0.321 e. The summed E-state index contributed by atoms with van der Waals surface area (Å²) in [6, 6.07) is 9.70. The molecule has 0 unspecified atom stereocenters. The third-order valence-electron chi connectivity index (χ3n) is 2.69. The van der Waals surface area contributed by atoms with Gasteiger partial charge in [0.25, 0.3) is 0 Å². The van der Waals surface area contributed by atoms with Gasteiger partial charge in [-0.3, -0.25) is 4.90 Å². The average Bonchev–Trinajstić information content (AvgIpc) is 2.36. The molecule has 0 bridgehead atoms. The Labute approximate surface area is 110 Å². The lowest BCUT2D eigenvalue weighted by atomic mass is 10.3. The topological polar surface area (TPSA) is 35.6 Å². The lowest BCUT2D eigenvalue weighted by molar-refractivity contribution is 0.246. The Morgan fingerprint density at radius 1 is 1.22 bits per heavy atom. The van der Waals surface area contributed by atoms with Gasteiger partial charge in [-0.05, 0) is 46.1 Å². The maximum Gasteiger partial charge on any atom is 0.321 e. The number of para-hydroxylation sites is 1. The van der Waals surface area contributed by atoms with Crippen molar-refractivity contribution in [2.24, 2.45) is 0 Å². The van der Waals surface area contributed by atoms with Gasteiger partial charge in [-0.1, -0.05) is 18.2 Å². The third kappa shape index (κ3) is 4.75. The molecule has 0 spiro atoms. The Balaban J connectivity index is 2.43. The van der Waals surface area contributed by atoms with E-state index < -0.39 is 0 Å². The van der Waals surface area contributed by atoms with Crippen LogP contribution >= 0.6 is 0 Å². The number of nitrogens with zero attached hydrogens (tertiary/aromatic N) is 2. The maximum atomic E-state index is 12.0. The molecule has 18 heavy (non-hydrogen) atoms. The first kappa shape index (κ1) is 14.5. The zero-order valence-corrected chi connectivity index (χ0v) is 11.5. The molecule has 0 aliphatic carbocycles. The van der Waals surface area contributed by atoms with Gasteiger partial charge in [0.05, 0.1) is 0 Å². The molecular weight excluding hydrogens is 226 g/mol. The summed E-state index contributed by atoms with van der Waals surface area (Å²) in [7, 11) is 4.06. The van der Waals surface area contributed by atoms with Gasteiger partial charge in [0, 0.05) is 18.8 Å². The summed E-state index contributed by atoms with van der Waals surface area (Å²) in [6.45, 7) is 4.34. The summed E-state index contributed by atoms with van der Waals surface area (Å²) in [5, 5.41) is 2.95. The van der Waals surface area contributed by atoms with E-state index in [1.807, 2.05) is 51.4 Å². The average molecular weight is 249 g/mol. The number of amides is 2. The fourth-order valence-corrected chi connectivity index (χ4v) is 1.74. The molecule has 0 fully saturated rings. The molecule has 0 atom stereocenters. The molecule has 0 aliphatic heterocycles. The van der Waals surface area contributed by atoms with Gasteiger partial charge in [0.2, 0.25) is 0 Å². The molecule has 0 saturated heterocycles. The molecule has 1 aromatic carbocycles. The van der Waals surface area contributed by atoms with E-state index in [1.165, 1.54) is 0 Å². The first-order valence-corrected chi connectivity index (χ1v) is 6.40. The van der Waals surface area contributed by atoms with Crippen LogP contribution in [0.5, 0.6) is 0 Å². The van der Waals surface area contributed by atoms with Gasteiger partial charge in [-0.15, -0.1) is 0 Å². The van der Waals surface area contributed by atoms with Crippen molar-refractivity contribution in [2.45, 2.75) is 13.3 Å². The van der Waals surface area contributed by atoms with E-state index in [1.54, 1.807) is 4.90 Å². The number of nitrogens with one attached hydrogen (secondary N) is 1. The maximum absolute atomic E-state index is 12.0. The molecule has 2 amide bonds. The second-order valence-corrected chi connectivity index (χ2v) is 4.47.